The monoisotopic (exact) mass is 286 g/mol. The maximum Gasteiger partial charge on any atom is 0.269 e. The largest absolute Gasteiger partial charge is 0.497 e. The Balaban J connectivity index is 1.75. The lowest BCUT2D eigenvalue weighted by molar-refractivity contribution is 0.0924. The van der Waals surface area contributed by atoms with Gasteiger partial charge in [0.1, 0.15) is 11.4 Å². The minimum atomic E-state index is -0.0490. The Labute approximate surface area is 123 Å². The molecule has 3 rings (SSSR count). The summed E-state index contributed by atoms with van der Waals surface area (Å²) in [5, 5.41) is 7.31. The zero-order valence-corrected chi connectivity index (χ0v) is 12.2. The van der Waals surface area contributed by atoms with Gasteiger partial charge in [-0.25, -0.2) is 0 Å². The molecular weight excluding hydrogens is 268 g/mol. The topological polar surface area (TPSA) is 59.4 Å². The standard InChI is InChI=1S/C15H18N4O2/c1-18(12-3-5-13(21-2)6-4-12)10-11-9-14-15(20)16-7-8-19(14)17-11/h3-6,9H,7-8,10H2,1-2H3,(H,16,20). The summed E-state index contributed by atoms with van der Waals surface area (Å²) >= 11 is 0. The quantitative estimate of drug-likeness (QED) is 0.919. The molecule has 0 spiro atoms. The number of nitrogens with one attached hydrogen (secondary N) is 1. The highest BCUT2D eigenvalue weighted by Crippen LogP contribution is 2.20. The summed E-state index contributed by atoms with van der Waals surface area (Å²) in [7, 11) is 3.65. The molecule has 0 aliphatic carbocycles. The van der Waals surface area contributed by atoms with Crippen LogP contribution in [-0.4, -0.2) is 36.4 Å². The number of ether oxygens (including phenoxy) is 1. The second-order valence-electron chi connectivity index (χ2n) is 5.05. The van der Waals surface area contributed by atoms with E-state index in [0.29, 0.717) is 18.8 Å². The minimum Gasteiger partial charge on any atom is -0.497 e. The van der Waals surface area contributed by atoms with Gasteiger partial charge in [-0.3, -0.25) is 9.48 Å². The molecule has 1 N–H and O–H groups in total. The minimum absolute atomic E-state index is 0.0490. The number of aromatic nitrogens is 2. The van der Waals surface area contributed by atoms with Crippen LogP contribution in [0, 0.1) is 0 Å². The number of fused-ring (bicyclic) bond motifs is 1. The van der Waals surface area contributed by atoms with Crippen LogP contribution in [0.4, 0.5) is 5.69 Å². The molecule has 21 heavy (non-hydrogen) atoms. The van der Waals surface area contributed by atoms with Crippen LogP contribution in [0.2, 0.25) is 0 Å². The highest BCUT2D eigenvalue weighted by Gasteiger charge is 2.19. The molecular formula is C15H18N4O2. The van der Waals surface area contributed by atoms with Gasteiger partial charge in [0, 0.05) is 19.3 Å². The number of hydrogen-bond acceptors (Lipinski definition) is 4. The predicted octanol–water partition coefficient (Wildman–Crippen LogP) is 1.27. The summed E-state index contributed by atoms with van der Waals surface area (Å²) in [4.78, 5) is 13.8. The molecule has 0 atom stereocenters. The molecule has 1 aromatic heterocycles. The maximum absolute atomic E-state index is 11.7. The van der Waals surface area contributed by atoms with Crippen molar-refractivity contribution in [1.82, 2.24) is 15.1 Å². The summed E-state index contributed by atoms with van der Waals surface area (Å²) < 4.78 is 6.93. The number of amides is 1. The summed E-state index contributed by atoms with van der Waals surface area (Å²) in [6, 6.07) is 9.71. The lowest BCUT2D eigenvalue weighted by Crippen LogP contribution is -2.35. The number of nitrogens with zero attached hydrogens (tertiary/aromatic N) is 3. The molecule has 0 bridgehead atoms. The van der Waals surface area contributed by atoms with Crippen molar-refractivity contribution < 1.29 is 9.53 Å². The van der Waals surface area contributed by atoms with Crippen LogP contribution in [-0.2, 0) is 13.1 Å². The Morgan fingerprint density at radius 3 is 2.81 bits per heavy atom. The lowest BCUT2D eigenvalue weighted by atomic mass is 10.2. The number of carbonyl (C=O) groups excluding carboxylic acids is 1. The second kappa shape index (κ2) is 5.47. The molecule has 6 nitrogen and oxygen atoms in total. The molecule has 1 aromatic carbocycles. The smallest absolute Gasteiger partial charge is 0.269 e. The number of hydrogen-bond donors (Lipinski definition) is 1. The Kier molecular flexibility index (Phi) is 3.51. The predicted molar refractivity (Wildman–Crippen MR) is 79.7 cm³/mol. The molecule has 0 fully saturated rings. The van der Waals surface area contributed by atoms with Crippen molar-refractivity contribution >= 4 is 11.6 Å². The third kappa shape index (κ3) is 2.69. The van der Waals surface area contributed by atoms with E-state index in [2.05, 4.69) is 15.3 Å². The summed E-state index contributed by atoms with van der Waals surface area (Å²) in [5.74, 6) is 0.786. The fourth-order valence-corrected chi connectivity index (χ4v) is 2.44. The number of carbonyl (C=O) groups is 1. The zero-order valence-electron chi connectivity index (χ0n) is 12.2. The second-order valence-corrected chi connectivity index (χ2v) is 5.05. The molecule has 1 aliphatic rings. The van der Waals surface area contributed by atoms with Gasteiger partial charge in [0.2, 0.25) is 0 Å². The first-order valence-electron chi connectivity index (χ1n) is 6.87. The molecule has 1 amide bonds. The molecule has 2 heterocycles. The third-order valence-electron chi connectivity index (χ3n) is 3.58. The summed E-state index contributed by atoms with van der Waals surface area (Å²) in [6.07, 6.45) is 0. The average Bonchev–Trinajstić information content (AvgIpc) is 2.91. The number of benzene rings is 1. The van der Waals surface area contributed by atoms with Crippen molar-refractivity contribution in [2.45, 2.75) is 13.1 Å². The van der Waals surface area contributed by atoms with Crippen molar-refractivity contribution in [2.24, 2.45) is 0 Å². The van der Waals surface area contributed by atoms with Crippen molar-refractivity contribution in [3.8, 4) is 5.75 Å². The highest BCUT2D eigenvalue weighted by molar-refractivity contribution is 5.93. The van der Waals surface area contributed by atoms with E-state index in [0.717, 1.165) is 23.7 Å². The average molecular weight is 286 g/mol. The van der Waals surface area contributed by atoms with Gasteiger partial charge in [-0.1, -0.05) is 0 Å². The molecule has 6 heteroatoms. The fourth-order valence-electron chi connectivity index (χ4n) is 2.44. The van der Waals surface area contributed by atoms with E-state index >= 15 is 0 Å². The van der Waals surface area contributed by atoms with Crippen LogP contribution in [0.25, 0.3) is 0 Å². The van der Waals surface area contributed by atoms with Crippen LogP contribution in [0.1, 0.15) is 16.2 Å². The van der Waals surface area contributed by atoms with Gasteiger partial charge in [-0.15, -0.1) is 0 Å². The maximum atomic E-state index is 11.7. The Bertz CT molecular complexity index is 648. The van der Waals surface area contributed by atoms with Gasteiger partial charge < -0.3 is 15.0 Å². The van der Waals surface area contributed by atoms with Crippen molar-refractivity contribution in [2.75, 3.05) is 25.6 Å². The van der Waals surface area contributed by atoms with Crippen LogP contribution >= 0.6 is 0 Å². The van der Waals surface area contributed by atoms with Gasteiger partial charge >= 0.3 is 0 Å². The van der Waals surface area contributed by atoms with E-state index in [1.54, 1.807) is 11.8 Å². The van der Waals surface area contributed by atoms with Crippen molar-refractivity contribution in [3.05, 3.63) is 41.7 Å². The van der Waals surface area contributed by atoms with Crippen LogP contribution in [0.15, 0.2) is 30.3 Å². The van der Waals surface area contributed by atoms with Crippen LogP contribution in [0.5, 0.6) is 5.75 Å². The van der Waals surface area contributed by atoms with Gasteiger partial charge in [-0.2, -0.15) is 5.10 Å². The lowest BCUT2D eigenvalue weighted by Gasteiger charge is -2.18. The summed E-state index contributed by atoms with van der Waals surface area (Å²) in [6.45, 7) is 2.02. The molecule has 0 saturated heterocycles. The Morgan fingerprint density at radius 1 is 1.38 bits per heavy atom. The van der Waals surface area contributed by atoms with Gasteiger partial charge in [0.25, 0.3) is 5.91 Å². The molecule has 110 valence electrons. The number of anilines is 1. The molecule has 0 unspecified atom stereocenters. The van der Waals surface area contributed by atoms with Crippen LogP contribution in [0.3, 0.4) is 0 Å². The van der Waals surface area contributed by atoms with E-state index in [-0.39, 0.29) is 5.91 Å². The molecule has 0 radical (unpaired) electrons. The molecule has 1 aliphatic heterocycles. The molecule has 2 aromatic rings. The van der Waals surface area contributed by atoms with Crippen LogP contribution < -0.4 is 15.0 Å². The SMILES string of the molecule is COc1ccc(N(C)Cc2cc3n(n2)CCNC3=O)cc1. The van der Waals surface area contributed by atoms with Gasteiger partial charge in [0.05, 0.1) is 25.9 Å². The highest BCUT2D eigenvalue weighted by atomic mass is 16.5. The van der Waals surface area contributed by atoms with E-state index < -0.39 is 0 Å². The Hall–Kier alpha value is -2.50. The first kappa shape index (κ1) is 13.5. The normalized spacial score (nSPS) is 13.5. The van der Waals surface area contributed by atoms with Crippen molar-refractivity contribution in [3.63, 3.8) is 0 Å². The molecule has 0 saturated carbocycles. The van der Waals surface area contributed by atoms with Crippen molar-refractivity contribution in [1.29, 1.82) is 0 Å². The van der Waals surface area contributed by atoms with Gasteiger partial charge in [-0.05, 0) is 30.3 Å². The van der Waals surface area contributed by atoms with E-state index in [9.17, 15) is 4.79 Å². The van der Waals surface area contributed by atoms with E-state index in [1.165, 1.54) is 0 Å². The summed E-state index contributed by atoms with van der Waals surface area (Å²) in [5.41, 5.74) is 2.60. The third-order valence-corrected chi connectivity index (χ3v) is 3.58. The fraction of sp³-hybridized carbons (Fsp3) is 0.333. The zero-order chi connectivity index (χ0) is 14.8. The number of rotatable bonds is 4. The van der Waals surface area contributed by atoms with Gasteiger partial charge in [0.15, 0.2) is 0 Å². The van der Waals surface area contributed by atoms with E-state index in [4.69, 9.17) is 4.74 Å². The first-order valence-corrected chi connectivity index (χ1v) is 6.87. The van der Waals surface area contributed by atoms with E-state index in [1.807, 2.05) is 37.4 Å². The Morgan fingerprint density at radius 2 is 2.14 bits per heavy atom. The number of methoxy groups -OCH3 is 1. The first-order chi connectivity index (χ1) is 10.2.